The SMILES string of the molecule is CC(C)CN(CC(=O)NC(C)C)c1cccc(O)c1. The third-order valence-electron chi connectivity index (χ3n) is 2.56. The van der Waals surface area contributed by atoms with E-state index in [2.05, 4.69) is 19.2 Å². The average Bonchev–Trinajstić information content (AvgIpc) is 2.26. The van der Waals surface area contributed by atoms with Crippen LogP contribution in [0, 0.1) is 5.92 Å². The van der Waals surface area contributed by atoms with E-state index in [-0.39, 0.29) is 17.7 Å². The van der Waals surface area contributed by atoms with Gasteiger partial charge in [-0.2, -0.15) is 0 Å². The Morgan fingerprint density at radius 2 is 2.00 bits per heavy atom. The van der Waals surface area contributed by atoms with E-state index in [1.807, 2.05) is 24.8 Å². The normalized spacial score (nSPS) is 10.8. The van der Waals surface area contributed by atoms with E-state index >= 15 is 0 Å². The first-order chi connectivity index (χ1) is 8.88. The molecule has 4 heteroatoms. The Hall–Kier alpha value is -1.71. The molecule has 0 heterocycles. The third-order valence-corrected chi connectivity index (χ3v) is 2.56. The maximum absolute atomic E-state index is 11.9. The molecule has 0 saturated carbocycles. The van der Waals surface area contributed by atoms with Gasteiger partial charge in [0.15, 0.2) is 0 Å². The van der Waals surface area contributed by atoms with Gasteiger partial charge in [0.25, 0.3) is 0 Å². The lowest BCUT2D eigenvalue weighted by atomic mass is 10.2. The number of amides is 1. The van der Waals surface area contributed by atoms with Crippen molar-refractivity contribution in [2.75, 3.05) is 18.0 Å². The number of phenols is 1. The number of nitrogens with zero attached hydrogens (tertiary/aromatic N) is 1. The van der Waals surface area contributed by atoms with Gasteiger partial charge in [0.05, 0.1) is 6.54 Å². The highest BCUT2D eigenvalue weighted by Crippen LogP contribution is 2.20. The van der Waals surface area contributed by atoms with Crippen LogP contribution in [0.1, 0.15) is 27.7 Å². The zero-order valence-electron chi connectivity index (χ0n) is 12.2. The number of carbonyl (C=O) groups excluding carboxylic acids is 1. The van der Waals surface area contributed by atoms with Crippen LogP contribution in [0.25, 0.3) is 0 Å². The van der Waals surface area contributed by atoms with Crippen molar-refractivity contribution in [1.29, 1.82) is 0 Å². The summed E-state index contributed by atoms with van der Waals surface area (Å²) in [7, 11) is 0. The number of aromatic hydroxyl groups is 1. The van der Waals surface area contributed by atoms with Crippen LogP contribution in [-0.4, -0.2) is 30.1 Å². The molecular formula is C15H24N2O2. The summed E-state index contributed by atoms with van der Waals surface area (Å²) < 4.78 is 0. The molecule has 0 aliphatic heterocycles. The van der Waals surface area contributed by atoms with Gasteiger partial charge in [-0.05, 0) is 31.9 Å². The molecule has 0 radical (unpaired) electrons. The van der Waals surface area contributed by atoms with E-state index in [9.17, 15) is 9.90 Å². The first kappa shape index (κ1) is 15.3. The molecule has 0 fully saturated rings. The molecule has 1 amide bonds. The summed E-state index contributed by atoms with van der Waals surface area (Å²) in [6.45, 7) is 9.18. The summed E-state index contributed by atoms with van der Waals surface area (Å²) in [5.74, 6) is 0.656. The molecular weight excluding hydrogens is 240 g/mol. The molecule has 1 rings (SSSR count). The molecule has 0 aliphatic rings. The average molecular weight is 264 g/mol. The molecule has 0 aromatic heterocycles. The number of phenolic OH excluding ortho intramolecular Hbond substituents is 1. The van der Waals surface area contributed by atoms with Crippen LogP contribution in [-0.2, 0) is 4.79 Å². The number of rotatable bonds is 6. The van der Waals surface area contributed by atoms with Crippen LogP contribution in [0.15, 0.2) is 24.3 Å². The van der Waals surface area contributed by atoms with Crippen LogP contribution < -0.4 is 10.2 Å². The second-order valence-electron chi connectivity index (χ2n) is 5.52. The number of carbonyl (C=O) groups is 1. The minimum absolute atomic E-state index is 0.000933. The molecule has 0 unspecified atom stereocenters. The van der Waals surface area contributed by atoms with E-state index in [0.29, 0.717) is 12.5 Å². The Labute approximate surface area is 115 Å². The fourth-order valence-electron chi connectivity index (χ4n) is 1.93. The summed E-state index contributed by atoms with van der Waals surface area (Å²) in [4.78, 5) is 13.9. The lowest BCUT2D eigenvalue weighted by Crippen LogP contribution is -2.41. The number of nitrogens with one attached hydrogen (secondary N) is 1. The first-order valence-corrected chi connectivity index (χ1v) is 6.72. The summed E-state index contributed by atoms with van der Waals surface area (Å²) >= 11 is 0. The Morgan fingerprint density at radius 1 is 1.32 bits per heavy atom. The van der Waals surface area contributed by atoms with Crippen molar-refractivity contribution in [3.8, 4) is 5.75 Å². The quantitative estimate of drug-likeness (QED) is 0.829. The molecule has 2 N–H and O–H groups in total. The van der Waals surface area contributed by atoms with Crippen molar-refractivity contribution in [1.82, 2.24) is 5.32 Å². The van der Waals surface area contributed by atoms with Crippen LogP contribution in [0.3, 0.4) is 0 Å². The molecule has 0 bridgehead atoms. The van der Waals surface area contributed by atoms with E-state index < -0.39 is 0 Å². The van der Waals surface area contributed by atoms with Gasteiger partial charge in [0.1, 0.15) is 5.75 Å². The van der Waals surface area contributed by atoms with Gasteiger partial charge in [0, 0.05) is 24.3 Å². The standard InChI is InChI=1S/C15H24N2O2/c1-11(2)9-17(10-15(19)16-12(3)4)13-6-5-7-14(18)8-13/h5-8,11-12,18H,9-10H2,1-4H3,(H,16,19). The lowest BCUT2D eigenvalue weighted by molar-refractivity contribution is -0.120. The number of hydrogen-bond donors (Lipinski definition) is 2. The second-order valence-corrected chi connectivity index (χ2v) is 5.52. The van der Waals surface area contributed by atoms with Gasteiger partial charge in [-0.3, -0.25) is 4.79 Å². The summed E-state index contributed by atoms with van der Waals surface area (Å²) in [6.07, 6.45) is 0. The van der Waals surface area contributed by atoms with Crippen LogP contribution >= 0.6 is 0 Å². The first-order valence-electron chi connectivity index (χ1n) is 6.72. The fourth-order valence-corrected chi connectivity index (χ4v) is 1.93. The van der Waals surface area contributed by atoms with Crippen LogP contribution in [0.4, 0.5) is 5.69 Å². The highest BCUT2D eigenvalue weighted by atomic mass is 16.3. The lowest BCUT2D eigenvalue weighted by Gasteiger charge is -2.26. The Morgan fingerprint density at radius 3 is 2.53 bits per heavy atom. The predicted molar refractivity (Wildman–Crippen MR) is 78.4 cm³/mol. The molecule has 4 nitrogen and oxygen atoms in total. The molecule has 1 aromatic carbocycles. The maximum Gasteiger partial charge on any atom is 0.239 e. The van der Waals surface area contributed by atoms with E-state index in [4.69, 9.17) is 0 Å². The van der Waals surface area contributed by atoms with Gasteiger partial charge >= 0.3 is 0 Å². The number of anilines is 1. The Kier molecular flexibility index (Phi) is 5.67. The van der Waals surface area contributed by atoms with Gasteiger partial charge in [-0.25, -0.2) is 0 Å². The van der Waals surface area contributed by atoms with E-state index in [0.717, 1.165) is 12.2 Å². The molecule has 106 valence electrons. The topological polar surface area (TPSA) is 52.6 Å². The zero-order chi connectivity index (χ0) is 14.4. The Bertz CT molecular complexity index is 416. The van der Waals surface area contributed by atoms with Gasteiger partial charge < -0.3 is 15.3 Å². The third kappa shape index (κ3) is 5.64. The van der Waals surface area contributed by atoms with Crippen molar-refractivity contribution < 1.29 is 9.90 Å². The number of benzene rings is 1. The highest BCUT2D eigenvalue weighted by molar-refractivity contribution is 5.81. The molecule has 0 atom stereocenters. The largest absolute Gasteiger partial charge is 0.508 e. The maximum atomic E-state index is 11.9. The van der Waals surface area contributed by atoms with E-state index in [1.54, 1.807) is 18.2 Å². The second kappa shape index (κ2) is 7.02. The minimum atomic E-state index is -0.000933. The monoisotopic (exact) mass is 264 g/mol. The summed E-state index contributed by atoms with van der Waals surface area (Å²) in [6, 6.07) is 7.15. The smallest absolute Gasteiger partial charge is 0.239 e. The molecule has 19 heavy (non-hydrogen) atoms. The van der Waals surface area contributed by atoms with Crippen LogP contribution in [0.2, 0.25) is 0 Å². The summed E-state index contributed by atoms with van der Waals surface area (Å²) in [5.41, 5.74) is 0.868. The molecule has 0 aliphatic carbocycles. The number of hydrogen-bond acceptors (Lipinski definition) is 3. The summed E-state index contributed by atoms with van der Waals surface area (Å²) in [5, 5.41) is 12.4. The predicted octanol–water partition coefficient (Wildman–Crippen LogP) is 2.38. The van der Waals surface area contributed by atoms with E-state index in [1.165, 1.54) is 0 Å². The fraction of sp³-hybridized carbons (Fsp3) is 0.533. The molecule has 0 spiro atoms. The molecule has 0 saturated heterocycles. The van der Waals surface area contributed by atoms with Crippen molar-refractivity contribution in [2.45, 2.75) is 33.7 Å². The zero-order valence-corrected chi connectivity index (χ0v) is 12.2. The van der Waals surface area contributed by atoms with Crippen molar-refractivity contribution in [2.24, 2.45) is 5.92 Å². The minimum Gasteiger partial charge on any atom is -0.508 e. The van der Waals surface area contributed by atoms with Crippen LogP contribution in [0.5, 0.6) is 5.75 Å². The highest BCUT2D eigenvalue weighted by Gasteiger charge is 2.14. The van der Waals surface area contributed by atoms with Gasteiger partial charge in [-0.15, -0.1) is 0 Å². The Balaban J connectivity index is 2.80. The molecule has 1 aromatic rings. The van der Waals surface area contributed by atoms with Gasteiger partial charge in [0.2, 0.25) is 5.91 Å². The van der Waals surface area contributed by atoms with Crippen molar-refractivity contribution in [3.63, 3.8) is 0 Å². The van der Waals surface area contributed by atoms with Crippen molar-refractivity contribution in [3.05, 3.63) is 24.3 Å². The van der Waals surface area contributed by atoms with Crippen molar-refractivity contribution >= 4 is 11.6 Å². The van der Waals surface area contributed by atoms with Gasteiger partial charge in [-0.1, -0.05) is 19.9 Å².